The maximum absolute atomic E-state index is 11.1. The van der Waals surface area contributed by atoms with Crippen molar-refractivity contribution in [3.63, 3.8) is 0 Å². The summed E-state index contributed by atoms with van der Waals surface area (Å²) in [7, 11) is 2.54. The van der Waals surface area contributed by atoms with E-state index < -0.39 is 16.9 Å². The van der Waals surface area contributed by atoms with Crippen molar-refractivity contribution in [1.29, 1.82) is 0 Å². The van der Waals surface area contributed by atoms with Gasteiger partial charge in [0.25, 0.3) is 0 Å². The summed E-state index contributed by atoms with van der Waals surface area (Å²) >= 11 is 0. The Morgan fingerprint density at radius 3 is 2.68 bits per heavy atom. The number of hydrogen-bond donors (Lipinski definition) is 1. The summed E-state index contributed by atoms with van der Waals surface area (Å²) in [6, 6.07) is 3.13. The molecule has 1 unspecified atom stereocenters. The summed E-state index contributed by atoms with van der Waals surface area (Å²) in [4.78, 5) is 21.3. The number of nitrogens with two attached hydrogens (primary N) is 1. The van der Waals surface area contributed by atoms with E-state index >= 15 is 0 Å². The van der Waals surface area contributed by atoms with Crippen molar-refractivity contribution in [2.75, 3.05) is 20.8 Å². The second kappa shape index (κ2) is 6.55. The molecular formula is C11H14N2O6. The molecule has 19 heavy (non-hydrogen) atoms. The molecular weight excluding hydrogens is 256 g/mol. The van der Waals surface area contributed by atoms with Gasteiger partial charge in [-0.1, -0.05) is 0 Å². The molecule has 1 atom stereocenters. The predicted octanol–water partition coefficient (Wildman–Crippen LogP) is 0.482. The molecule has 104 valence electrons. The van der Waals surface area contributed by atoms with Crippen LogP contribution in [0.5, 0.6) is 11.5 Å². The SMILES string of the molecule is COC(=O)C(N)COc1ccc(OC)c([N+](=O)[O-])c1. The van der Waals surface area contributed by atoms with Gasteiger partial charge in [0, 0.05) is 0 Å². The van der Waals surface area contributed by atoms with E-state index in [1.807, 2.05) is 0 Å². The first-order valence-corrected chi connectivity index (χ1v) is 5.28. The number of hydrogen-bond acceptors (Lipinski definition) is 7. The Morgan fingerprint density at radius 1 is 1.47 bits per heavy atom. The van der Waals surface area contributed by atoms with Crippen molar-refractivity contribution in [2.45, 2.75) is 6.04 Å². The minimum Gasteiger partial charge on any atom is -0.491 e. The molecule has 0 fully saturated rings. The van der Waals surface area contributed by atoms with E-state index in [0.717, 1.165) is 0 Å². The molecule has 0 aromatic heterocycles. The molecule has 0 bridgehead atoms. The molecule has 0 amide bonds. The smallest absolute Gasteiger partial charge is 0.326 e. The molecule has 0 heterocycles. The summed E-state index contributed by atoms with van der Waals surface area (Å²) in [5, 5.41) is 10.8. The monoisotopic (exact) mass is 270 g/mol. The maximum atomic E-state index is 11.1. The number of benzene rings is 1. The Bertz CT molecular complexity index is 476. The Labute approximate surface area is 109 Å². The zero-order valence-electron chi connectivity index (χ0n) is 10.5. The van der Waals surface area contributed by atoms with Crippen molar-refractivity contribution in [1.82, 2.24) is 0 Å². The Kier molecular flexibility index (Phi) is 5.07. The predicted molar refractivity (Wildman–Crippen MR) is 65.1 cm³/mol. The number of nitrogens with zero attached hydrogens (tertiary/aromatic N) is 1. The van der Waals surface area contributed by atoms with Gasteiger partial charge < -0.3 is 19.9 Å². The van der Waals surface area contributed by atoms with Crippen LogP contribution in [0.4, 0.5) is 5.69 Å². The first kappa shape index (κ1) is 14.7. The summed E-state index contributed by atoms with van der Waals surface area (Å²) < 4.78 is 14.5. The molecule has 8 nitrogen and oxygen atoms in total. The fourth-order valence-corrected chi connectivity index (χ4v) is 1.31. The fourth-order valence-electron chi connectivity index (χ4n) is 1.31. The number of ether oxygens (including phenoxy) is 3. The van der Waals surface area contributed by atoms with Gasteiger partial charge in [0.15, 0.2) is 5.75 Å². The molecule has 1 aromatic rings. The van der Waals surface area contributed by atoms with Crippen LogP contribution >= 0.6 is 0 Å². The summed E-state index contributed by atoms with van der Waals surface area (Å²) in [6.07, 6.45) is 0. The molecule has 0 saturated carbocycles. The number of nitro groups is 1. The Balaban J connectivity index is 2.77. The average molecular weight is 270 g/mol. The van der Waals surface area contributed by atoms with Crippen molar-refractivity contribution in [3.8, 4) is 11.5 Å². The third kappa shape index (κ3) is 3.81. The number of methoxy groups -OCH3 is 2. The van der Waals surface area contributed by atoms with Crippen LogP contribution in [0.25, 0.3) is 0 Å². The molecule has 0 aliphatic heterocycles. The van der Waals surface area contributed by atoms with Crippen LogP contribution in [0.3, 0.4) is 0 Å². The second-order valence-corrected chi connectivity index (χ2v) is 3.53. The zero-order chi connectivity index (χ0) is 14.4. The molecule has 0 spiro atoms. The average Bonchev–Trinajstić information content (AvgIpc) is 2.43. The van der Waals surface area contributed by atoms with Crippen LogP contribution in [-0.2, 0) is 9.53 Å². The van der Waals surface area contributed by atoms with Gasteiger partial charge in [-0.25, -0.2) is 0 Å². The normalized spacial score (nSPS) is 11.5. The van der Waals surface area contributed by atoms with Crippen molar-refractivity contribution in [3.05, 3.63) is 28.3 Å². The lowest BCUT2D eigenvalue weighted by Gasteiger charge is -2.11. The van der Waals surface area contributed by atoms with Crippen LogP contribution < -0.4 is 15.2 Å². The second-order valence-electron chi connectivity index (χ2n) is 3.53. The topological polar surface area (TPSA) is 114 Å². The molecule has 0 saturated heterocycles. The van der Waals surface area contributed by atoms with E-state index in [4.69, 9.17) is 15.2 Å². The lowest BCUT2D eigenvalue weighted by molar-refractivity contribution is -0.385. The highest BCUT2D eigenvalue weighted by atomic mass is 16.6. The van der Waals surface area contributed by atoms with Gasteiger partial charge in [-0.2, -0.15) is 0 Å². The van der Waals surface area contributed by atoms with Crippen LogP contribution in [-0.4, -0.2) is 37.8 Å². The number of esters is 1. The number of rotatable bonds is 6. The minimum absolute atomic E-state index is 0.120. The first-order valence-electron chi connectivity index (χ1n) is 5.28. The van der Waals surface area contributed by atoms with Gasteiger partial charge in [-0.3, -0.25) is 14.9 Å². The number of nitro benzene ring substituents is 1. The molecule has 0 aliphatic carbocycles. The van der Waals surface area contributed by atoms with Gasteiger partial charge in [-0.05, 0) is 12.1 Å². The molecule has 1 aromatic carbocycles. The Morgan fingerprint density at radius 2 is 2.16 bits per heavy atom. The van der Waals surface area contributed by atoms with Crippen molar-refractivity contribution < 1.29 is 23.9 Å². The largest absolute Gasteiger partial charge is 0.491 e. The minimum atomic E-state index is -0.953. The van der Waals surface area contributed by atoms with E-state index in [9.17, 15) is 14.9 Å². The van der Waals surface area contributed by atoms with Crippen LogP contribution in [0.2, 0.25) is 0 Å². The Hall–Kier alpha value is -2.35. The van der Waals surface area contributed by atoms with E-state index in [-0.39, 0.29) is 23.8 Å². The van der Waals surface area contributed by atoms with Crippen molar-refractivity contribution in [2.24, 2.45) is 5.73 Å². The van der Waals surface area contributed by atoms with E-state index in [0.29, 0.717) is 0 Å². The highest BCUT2D eigenvalue weighted by Crippen LogP contribution is 2.30. The van der Waals surface area contributed by atoms with Gasteiger partial charge in [0.05, 0.1) is 25.2 Å². The number of carbonyl (C=O) groups excluding carboxylic acids is 1. The van der Waals surface area contributed by atoms with Crippen LogP contribution in [0, 0.1) is 10.1 Å². The van der Waals surface area contributed by atoms with Crippen molar-refractivity contribution >= 4 is 11.7 Å². The van der Waals surface area contributed by atoms with Crippen LogP contribution in [0.1, 0.15) is 0 Å². The van der Waals surface area contributed by atoms with Gasteiger partial charge in [0.1, 0.15) is 18.4 Å². The van der Waals surface area contributed by atoms with Gasteiger partial charge in [0.2, 0.25) is 0 Å². The molecule has 2 N–H and O–H groups in total. The highest BCUT2D eigenvalue weighted by Gasteiger charge is 2.18. The summed E-state index contributed by atoms with van der Waals surface area (Å²) in [5.41, 5.74) is 5.24. The molecule has 0 radical (unpaired) electrons. The lowest BCUT2D eigenvalue weighted by Crippen LogP contribution is -2.37. The van der Waals surface area contributed by atoms with E-state index in [2.05, 4.69) is 4.74 Å². The number of carbonyl (C=O) groups is 1. The van der Waals surface area contributed by atoms with E-state index in [1.165, 1.54) is 32.4 Å². The van der Waals surface area contributed by atoms with E-state index in [1.54, 1.807) is 0 Å². The van der Waals surface area contributed by atoms with Crippen LogP contribution in [0.15, 0.2) is 18.2 Å². The third-order valence-corrected chi connectivity index (χ3v) is 2.28. The molecule has 8 heteroatoms. The molecule has 0 aliphatic rings. The summed E-state index contributed by atoms with van der Waals surface area (Å²) in [6.45, 7) is -0.143. The quantitative estimate of drug-likeness (QED) is 0.454. The standard InChI is InChI=1S/C11H14N2O6/c1-17-10-4-3-7(5-9(10)13(15)16)19-6-8(12)11(14)18-2/h3-5,8H,6,12H2,1-2H3. The highest BCUT2D eigenvalue weighted by molar-refractivity contribution is 5.75. The first-order chi connectivity index (χ1) is 8.99. The molecule has 1 rings (SSSR count). The maximum Gasteiger partial charge on any atom is 0.326 e. The fraction of sp³-hybridized carbons (Fsp3) is 0.364. The van der Waals surface area contributed by atoms with Gasteiger partial charge in [-0.15, -0.1) is 0 Å². The zero-order valence-corrected chi connectivity index (χ0v) is 10.5. The van der Waals surface area contributed by atoms with Gasteiger partial charge >= 0.3 is 11.7 Å². The summed E-state index contributed by atoms with van der Waals surface area (Å²) in [5.74, 6) is -0.288. The third-order valence-electron chi connectivity index (χ3n) is 2.28. The lowest BCUT2D eigenvalue weighted by atomic mass is 10.2.